The molecule has 5 heteroatoms. The molecule has 1 amide bonds. The van der Waals surface area contributed by atoms with Crippen LogP contribution in [0.3, 0.4) is 0 Å². The minimum absolute atomic E-state index is 0.0293. The monoisotopic (exact) mass is 341 g/mol. The smallest absolute Gasteiger partial charge is 0.220 e. The van der Waals surface area contributed by atoms with Gasteiger partial charge in [-0.25, -0.2) is 0 Å². The molecule has 4 nitrogen and oxygen atoms in total. The van der Waals surface area contributed by atoms with Crippen LogP contribution >= 0.6 is 15.9 Å². The van der Waals surface area contributed by atoms with Crippen molar-refractivity contribution in [1.29, 1.82) is 0 Å². The molecule has 0 bridgehead atoms. The van der Waals surface area contributed by atoms with Crippen molar-refractivity contribution in [2.75, 3.05) is 13.7 Å². The van der Waals surface area contributed by atoms with Crippen molar-refractivity contribution in [3.8, 4) is 5.75 Å². The summed E-state index contributed by atoms with van der Waals surface area (Å²) in [5.41, 5.74) is 1.04. The third kappa shape index (κ3) is 3.96. The molecule has 0 aliphatic carbocycles. The lowest BCUT2D eigenvalue weighted by molar-refractivity contribution is -0.122. The molecular formula is C15H20BrNO3. The SMILES string of the molecule is COC(C)CCC(=O)NC1CCOc2ccc(Br)cc21. The Balaban J connectivity index is 1.97. The van der Waals surface area contributed by atoms with Gasteiger partial charge >= 0.3 is 0 Å². The first kappa shape index (κ1) is 15.3. The Bertz CT molecular complexity index is 478. The van der Waals surface area contributed by atoms with Crippen molar-refractivity contribution < 1.29 is 14.3 Å². The van der Waals surface area contributed by atoms with E-state index in [-0.39, 0.29) is 18.1 Å². The van der Waals surface area contributed by atoms with Crippen LogP contribution in [0.2, 0.25) is 0 Å². The summed E-state index contributed by atoms with van der Waals surface area (Å²) >= 11 is 3.46. The Hall–Kier alpha value is -1.07. The van der Waals surface area contributed by atoms with Gasteiger partial charge in [0.1, 0.15) is 5.75 Å². The lowest BCUT2D eigenvalue weighted by Crippen LogP contribution is -2.32. The summed E-state index contributed by atoms with van der Waals surface area (Å²) in [6, 6.07) is 5.92. The van der Waals surface area contributed by atoms with Crippen LogP contribution in [0.25, 0.3) is 0 Å². The number of benzene rings is 1. The topological polar surface area (TPSA) is 47.6 Å². The highest BCUT2D eigenvalue weighted by molar-refractivity contribution is 9.10. The number of fused-ring (bicyclic) bond motifs is 1. The first-order valence-electron chi connectivity index (χ1n) is 6.84. The minimum atomic E-state index is 0.0293. The van der Waals surface area contributed by atoms with Crippen molar-refractivity contribution in [3.05, 3.63) is 28.2 Å². The Morgan fingerprint density at radius 3 is 3.15 bits per heavy atom. The number of hydrogen-bond acceptors (Lipinski definition) is 3. The minimum Gasteiger partial charge on any atom is -0.493 e. The van der Waals surface area contributed by atoms with Gasteiger partial charge in [-0.15, -0.1) is 0 Å². The van der Waals surface area contributed by atoms with Crippen molar-refractivity contribution >= 4 is 21.8 Å². The molecule has 1 N–H and O–H groups in total. The Kier molecular flexibility index (Phi) is 5.43. The zero-order chi connectivity index (χ0) is 14.5. The van der Waals surface area contributed by atoms with Gasteiger partial charge in [0.2, 0.25) is 5.91 Å². The lowest BCUT2D eigenvalue weighted by atomic mass is 10.0. The second kappa shape index (κ2) is 7.09. The molecule has 20 heavy (non-hydrogen) atoms. The molecule has 1 aromatic rings. The third-order valence-electron chi connectivity index (χ3n) is 3.53. The molecular weight excluding hydrogens is 322 g/mol. The van der Waals surface area contributed by atoms with Crippen molar-refractivity contribution in [2.45, 2.75) is 38.3 Å². The maximum Gasteiger partial charge on any atom is 0.220 e. The molecule has 0 saturated heterocycles. The molecule has 110 valence electrons. The van der Waals surface area contributed by atoms with Crippen LogP contribution in [0.4, 0.5) is 0 Å². The summed E-state index contributed by atoms with van der Waals surface area (Å²) in [7, 11) is 1.66. The van der Waals surface area contributed by atoms with Crippen LogP contribution in [0.15, 0.2) is 22.7 Å². The largest absolute Gasteiger partial charge is 0.493 e. The molecule has 1 aromatic carbocycles. The Labute approximate surface area is 128 Å². The van der Waals surface area contributed by atoms with Crippen LogP contribution in [0.1, 0.15) is 37.8 Å². The molecule has 0 spiro atoms. The van der Waals surface area contributed by atoms with Crippen LogP contribution in [-0.2, 0) is 9.53 Å². The zero-order valence-electron chi connectivity index (χ0n) is 11.8. The van der Waals surface area contributed by atoms with E-state index in [9.17, 15) is 4.79 Å². The van der Waals surface area contributed by atoms with Crippen LogP contribution in [-0.4, -0.2) is 25.7 Å². The Morgan fingerprint density at radius 1 is 1.60 bits per heavy atom. The van der Waals surface area contributed by atoms with Gasteiger partial charge in [0.25, 0.3) is 0 Å². The summed E-state index contributed by atoms with van der Waals surface area (Å²) in [5.74, 6) is 0.918. The predicted octanol–water partition coefficient (Wildman–Crippen LogP) is 3.20. The van der Waals surface area contributed by atoms with E-state index in [2.05, 4.69) is 21.2 Å². The van der Waals surface area contributed by atoms with Gasteiger partial charge in [0, 0.05) is 30.0 Å². The lowest BCUT2D eigenvalue weighted by Gasteiger charge is -2.27. The molecule has 0 fully saturated rings. The van der Waals surface area contributed by atoms with Crippen LogP contribution in [0.5, 0.6) is 5.75 Å². The van der Waals surface area contributed by atoms with Gasteiger partial charge in [-0.1, -0.05) is 15.9 Å². The average Bonchev–Trinajstić information content (AvgIpc) is 2.45. The van der Waals surface area contributed by atoms with Gasteiger partial charge < -0.3 is 14.8 Å². The van der Waals surface area contributed by atoms with Crippen molar-refractivity contribution in [2.24, 2.45) is 0 Å². The average molecular weight is 342 g/mol. The molecule has 0 radical (unpaired) electrons. The predicted molar refractivity (Wildman–Crippen MR) is 80.8 cm³/mol. The summed E-state index contributed by atoms with van der Waals surface area (Å²) < 4.78 is 11.8. The summed E-state index contributed by atoms with van der Waals surface area (Å²) in [5, 5.41) is 3.09. The number of amides is 1. The van der Waals surface area contributed by atoms with Crippen LogP contribution in [0, 0.1) is 0 Å². The van der Waals surface area contributed by atoms with Gasteiger partial charge in [-0.3, -0.25) is 4.79 Å². The van der Waals surface area contributed by atoms with Crippen molar-refractivity contribution in [3.63, 3.8) is 0 Å². The standard InChI is InChI=1S/C15H20BrNO3/c1-10(19-2)3-6-15(18)17-13-7-8-20-14-5-4-11(16)9-12(13)14/h4-5,9-10,13H,3,6-8H2,1-2H3,(H,17,18). The highest BCUT2D eigenvalue weighted by atomic mass is 79.9. The molecule has 2 unspecified atom stereocenters. The molecule has 1 aliphatic rings. The molecule has 1 heterocycles. The van der Waals surface area contributed by atoms with E-state index in [0.717, 1.165) is 28.6 Å². The number of carbonyl (C=O) groups excluding carboxylic acids is 1. The first-order chi connectivity index (χ1) is 9.60. The molecule has 1 aliphatic heterocycles. The number of halogens is 1. The van der Waals surface area contributed by atoms with Gasteiger partial charge in [0.05, 0.1) is 18.8 Å². The summed E-state index contributed by atoms with van der Waals surface area (Å²) in [6.07, 6.45) is 2.12. The fraction of sp³-hybridized carbons (Fsp3) is 0.533. The molecule has 0 saturated carbocycles. The van der Waals surface area contributed by atoms with Gasteiger partial charge in [0.15, 0.2) is 0 Å². The third-order valence-corrected chi connectivity index (χ3v) is 4.02. The molecule has 0 aromatic heterocycles. The second-order valence-corrected chi connectivity index (χ2v) is 5.94. The van der Waals surface area contributed by atoms with E-state index >= 15 is 0 Å². The number of hydrogen-bond donors (Lipinski definition) is 1. The number of carbonyl (C=O) groups is 1. The number of ether oxygens (including phenoxy) is 2. The fourth-order valence-corrected chi connectivity index (χ4v) is 2.61. The summed E-state index contributed by atoms with van der Waals surface area (Å²) in [6.45, 7) is 2.60. The normalized spacial score (nSPS) is 18.9. The maximum atomic E-state index is 12.0. The van der Waals surface area contributed by atoms with E-state index in [0.29, 0.717) is 13.0 Å². The molecule has 2 atom stereocenters. The number of rotatable bonds is 5. The van der Waals surface area contributed by atoms with Gasteiger partial charge in [-0.05, 0) is 31.5 Å². The van der Waals surface area contributed by atoms with Crippen LogP contribution < -0.4 is 10.1 Å². The quantitative estimate of drug-likeness (QED) is 0.894. The summed E-state index contributed by atoms with van der Waals surface area (Å²) in [4.78, 5) is 12.0. The maximum absolute atomic E-state index is 12.0. The Morgan fingerprint density at radius 2 is 2.40 bits per heavy atom. The first-order valence-corrected chi connectivity index (χ1v) is 7.64. The zero-order valence-corrected chi connectivity index (χ0v) is 13.4. The number of methoxy groups -OCH3 is 1. The van der Waals surface area contributed by atoms with E-state index in [1.165, 1.54) is 0 Å². The second-order valence-electron chi connectivity index (χ2n) is 5.02. The number of nitrogens with one attached hydrogen (secondary N) is 1. The van der Waals surface area contributed by atoms with E-state index < -0.39 is 0 Å². The van der Waals surface area contributed by atoms with Gasteiger partial charge in [-0.2, -0.15) is 0 Å². The fourth-order valence-electron chi connectivity index (χ4n) is 2.23. The highest BCUT2D eigenvalue weighted by Crippen LogP contribution is 2.34. The highest BCUT2D eigenvalue weighted by Gasteiger charge is 2.23. The molecule has 2 rings (SSSR count). The van der Waals surface area contributed by atoms with E-state index in [4.69, 9.17) is 9.47 Å². The van der Waals surface area contributed by atoms with Crippen molar-refractivity contribution in [1.82, 2.24) is 5.32 Å². The van der Waals surface area contributed by atoms with E-state index in [1.54, 1.807) is 7.11 Å². The van der Waals surface area contributed by atoms with E-state index in [1.807, 2.05) is 25.1 Å².